The smallest absolute Gasteiger partial charge is 0.192 e. The summed E-state index contributed by atoms with van der Waals surface area (Å²) in [7, 11) is 2.48. The van der Waals surface area contributed by atoms with E-state index in [0.29, 0.717) is 0 Å². The monoisotopic (exact) mass is 1940 g/mol. The van der Waals surface area contributed by atoms with Gasteiger partial charge in [0.05, 0.1) is 0 Å². The van der Waals surface area contributed by atoms with Crippen LogP contribution in [-0.2, 0) is 0 Å². The van der Waals surface area contributed by atoms with Crippen molar-refractivity contribution in [1.29, 1.82) is 5.15 Å². The maximum atomic E-state index is 6.41. The summed E-state index contributed by atoms with van der Waals surface area (Å²) in [6, 6.07) is 158. The molecule has 2 aromatic heterocycles. The quantitative estimate of drug-likeness (QED) is 0.0209. The second-order valence-corrected chi connectivity index (χ2v) is 36.3. The SMILES string of the molecule is C/C=C\C/C=C\C=C/CCN(C/C=C\C(=C/C)c1ccc(N(C(/C=C\C)=C/C)/C(CCC)=C(\C)CC)cc1)c1ccccc1.CC.[2H]N=P.c1ccc(-c2ccc(-c3ccc(N(c4ccc(-c5cccc6c5oc5ccccc56)cc4)c4ccc(-c5cccc6c5oc5ccccc56)cc4)cc3)cc2)cc1.c1ccc(N(c2ccccc2)c2ccc(-c3ccc4cc(-c5cc6ccccc6c6ccccc56)ccc4c3)cc2)cc1. The lowest BCUT2D eigenvalue weighted by Gasteiger charge is -2.31. The predicted molar refractivity (Wildman–Crippen MR) is 643 cm³/mol. The summed E-state index contributed by atoms with van der Waals surface area (Å²) in [5.41, 5.74) is 33.3. The summed E-state index contributed by atoms with van der Waals surface area (Å²) in [5.74, 6) is 0. The molecule has 0 saturated carbocycles. The number of hydrogen-bond acceptors (Lipinski definition) is 7. The zero-order valence-corrected chi connectivity index (χ0v) is 87.1. The number of rotatable bonds is 30. The van der Waals surface area contributed by atoms with Crippen molar-refractivity contribution in [2.24, 2.45) is 0 Å². The van der Waals surface area contributed by atoms with Crippen LogP contribution in [-0.4, -0.2) is 13.1 Å². The van der Waals surface area contributed by atoms with Crippen molar-refractivity contribution in [2.45, 2.75) is 94.4 Å². The van der Waals surface area contributed by atoms with Gasteiger partial charge in [-0.2, -0.15) is 0 Å². The first-order chi connectivity index (χ1) is 73.5. The maximum absolute atomic E-state index is 6.41. The van der Waals surface area contributed by atoms with Crippen LogP contribution in [0.3, 0.4) is 0 Å². The molecule has 8 heteroatoms. The van der Waals surface area contributed by atoms with E-state index < -0.39 is 0 Å². The number of para-hydroxylation sites is 7. The minimum atomic E-state index is 0.855. The van der Waals surface area contributed by atoms with E-state index in [2.05, 4.69) is 574 Å². The molecule has 148 heavy (non-hydrogen) atoms. The fourth-order valence-electron chi connectivity index (χ4n) is 19.7. The zero-order valence-electron chi connectivity index (χ0n) is 87.1. The van der Waals surface area contributed by atoms with Crippen LogP contribution in [0.2, 0.25) is 1.41 Å². The molecular weight excluding hydrogens is 1810 g/mol. The fourth-order valence-corrected chi connectivity index (χ4v) is 19.7. The zero-order chi connectivity index (χ0) is 103. The predicted octanol–water partition coefficient (Wildman–Crippen LogP) is 41.9. The highest BCUT2D eigenvalue weighted by Crippen LogP contribution is 2.46. The Bertz CT molecular complexity index is 8110. The average molecular weight is 1940 g/mol. The Balaban J connectivity index is 0.000000151. The molecule has 0 saturated heterocycles. The molecular formula is C140H128N5O2P. The summed E-state index contributed by atoms with van der Waals surface area (Å²) in [6.45, 7) is 21.0. The van der Waals surface area contributed by atoms with Gasteiger partial charge in [-0.25, -0.2) is 0 Å². The third-order valence-corrected chi connectivity index (χ3v) is 27.2. The van der Waals surface area contributed by atoms with Gasteiger partial charge in [0.1, 0.15) is 22.3 Å². The van der Waals surface area contributed by atoms with Crippen LogP contribution in [0.4, 0.5) is 45.5 Å². The van der Waals surface area contributed by atoms with E-state index >= 15 is 0 Å². The van der Waals surface area contributed by atoms with E-state index in [1.807, 2.05) is 38.1 Å². The molecule has 0 aliphatic carbocycles. The Morgan fingerprint density at radius 3 is 1.23 bits per heavy atom. The minimum Gasteiger partial charge on any atom is -0.455 e. The Kier molecular flexibility index (Phi) is 34.6. The van der Waals surface area contributed by atoms with E-state index in [0.717, 1.165) is 145 Å². The van der Waals surface area contributed by atoms with Crippen LogP contribution >= 0.6 is 9.03 Å². The number of furan rings is 2. The molecule has 2 heterocycles. The molecule has 1 N–H and O–H groups in total. The summed E-state index contributed by atoms with van der Waals surface area (Å²) >= 11 is 0. The first-order valence-electron chi connectivity index (χ1n) is 52.2. The topological polar surface area (TPSA) is 63.1 Å². The highest BCUT2D eigenvalue weighted by Gasteiger charge is 2.23. The highest BCUT2D eigenvalue weighted by atomic mass is 31.0. The van der Waals surface area contributed by atoms with E-state index in [-0.39, 0.29) is 0 Å². The lowest BCUT2D eigenvalue weighted by molar-refractivity contribution is 0.669. The minimum absolute atomic E-state index is 0.855. The van der Waals surface area contributed by atoms with Crippen LogP contribution in [0.25, 0.3) is 149 Å². The van der Waals surface area contributed by atoms with Gasteiger partial charge in [-0.1, -0.05) is 422 Å². The summed E-state index contributed by atoms with van der Waals surface area (Å²) < 4.78 is 18.6. The lowest BCUT2D eigenvalue weighted by atomic mass is 9.92. The van der Waals surface area contributed by atoms with Crippen molar-refractivity contribution in [2.75, 3.05) is 32.7 Å². The van der Waals surface area contributed by atoms with Crippen molar-refractivity contribution in [3.63, 3.8) is 0 Å². The molecule has 730 valence electrons. The van der Waals surface area contributed by atoms with Gasteiger partial charge in [-0.3, -0.25) is 5.15 Å². The Morgan fingerprint density at radius 1 is 0.331 bits per heavy atom. The molecule has 0 unspecified atom stereocenters. The average Bonchev–Trinajstić information content (AvgIpc) is 1.66. The molecule has 0 fully saturated rings. The van der Waals surface area contributed by atoms with Crippen molar-refractivity contribution >= 4 is 136 Å². The molecule has 21 rings (SSSR count). The van der Waals surface area contributed by atoms with Gasteiger partial charge in [-0.15, -0.1) is 0 Å². The van der Waals surface area contributed by atoms with Crippen LogP contribution in [0.15, 0.2) is 542 Å². The van der Waals surface area contributed by atoms with E-state index in [1.165, 1.54) is 116 Å². The number of fused-ring (bicyclic) bond motifs is 10. The summed E-state index contributed by atoms with van der Waals surface area (Å²) in [5, 5.41) is 14.7. The highest BCUT2D eigenvalue weighted by molar-refractivity contribution is 7.02. The molecule has 0 amide bonds. The number of nitrogens with one attached hydrogen (secondary N) is 1. The van der Waals surface area contributed by atoms with Crippen molar-refractivity contribution in [3.05, 3.63) is 538 Å². The van der Waals surface area contributed by atoms with Crippen LogP contribution < -0.4 is 19.6 Å². The van der Waals surface area contributed by atoms with Crippen molar-refractivity contribution < 1.29 is 10.2 Å². The van der Waals surface area contributed by atoms with Crippen LogP contribution in [0.5, 0.6) is 0 Å². The van der Waals surface area contributed by atoms with E-state index in [9.17, 15) is 0 Å². The van der Waals surface area contributed by atoms with E-state index in [4.69, 9.17) is 10.2 Å². The maximum Gasteiger partial charge on any atom is 0.192 e. The van der Waals surface area contributed by atoms with E-state index in [1.54, 1.807) is 0 Å². The molecule has 0 aliphatic rings. The molecule has 0 aliphatic heterocycles. The molecule has 0 radical (unpaired) electrons. The fraction of sp³-hybridized carbons (Fsp3) is 0.114. The summed E-state index contributed by atoms with van der Waals surface area (Å²) in [4.78, 5) is 9.50. The second kappa shape index (κ2) is 50.8. The normalized spacial score (nSPS) is 11.9. The third-order valence-electron chi connectivity index (χ3n) is 27.2. The van der Waals surface area contributed by atoms with Crippen LogP contribution in [0, 0.1) is 5.15 Å². The summed E-state index contributed by atoms with van der Waals surface area (Å²) in [6.07, 6.45) is 31.5. The van der Waals surface area contributed by atoms with Gasteiger partial charge in [0.15, 0.2) is 1.41 Å². The number of allylic oxidation sites excluding steroid dienone is 13. The first kappa shape index (κ1) is 101. The van der Waals surface area contributed by atoms with Gasteiger partial charge in [0.2, 0.25) is 0 Å². The third kappa shape index (κ3) is 23.9. The largest absolute Gasteiger partial charge is 0.455 e. The van der Waals surface area contributed by atoms with Gasteiger partial charge >= 0.3 is 0 Å². The molecule has 0 spiro atoms. The van der Waals surface area contributed by atoms with Gasteiger partial charge < -0.3 is 28.4 Å². The van der Waals surface area contributed by atoms with Crippen molar-refractivity contribution in [1.82, 2.24) is 0 Å². The number of anilines is 8. The second-order valence-electron chi connectivity index (χ2n) is 36.3. The molecule has 7 nitrogen and oxygen atoms in total. The number of benzene rings is 19. The van der Waals surface area contributed by atoms with Gasteiger partial charge in [-0.05, 0) is 302 Å². The molecule has 0 bridgehead atoms. The Hall–Kier alpha value is -17.2. The first-order valence-corrected chi connectivity index (χ1v) is 52.2. The van der Waals surface area contributed by atoms with Crippen LogP contribution in [0.1, 0.15) is 100.0 Å². The van der Waals surface area contributed by atoms with Gasteiger partial charge in [0.25, 0.3) is 0 Å². The molecule has 21 aromatic rings. The number of hydrogen-bond donors (Lipinski definition) is 1. The molecule has 19 aromatic carbocycles. The standard InChI is InChI=1S/C54H35NO2.C42H56N2.C42H29N.C2H6.H2NP/c1-2-10-36(11-3-1)37-20-22-38(23-21-37)39-24-30-42(31-25-39)55(43-32-26-40(27-33-43)45-14-8-16-49-47-12-4-6-18-51(47)56-53(45)49)44-34-28-41(29-35-44)46-15-9-17-50-48-13-5-7-19-52(48)57-54(46)50;1-8-14-15-16-17-18-19-23-34-43(40-28-21-20-22-29-40)35-24-27-37(12-5)38-30-32-41(33-31-38)44(39(13-6)25-9-2)42(26-10-3)36(7)11-4;1-3-12-36(13-4-1)43(37-14-5-2-6-15-37)38-25-23-30(24-26-38)31-19-20-33-28-35(22-21-32(33)27-31)42-29-34-11-7-8-16-39(34)40-17-9-10-18-41(40)42;2*1-2/h1-35H;8-9,12-14,16-22,24-25,27-33H,10-11,15,23,26,34-35H2,1-7H3;1-29H;1-2H3;1-2H/b;14-8-,17-16-,19-18-,25-9-,27-24-,37-12+,39-13+,42-36+;;;/i/hD. The molecule has 0 atom stereocenters. The Labute approximate surface area is 877 Å². The Morgan fingerprint density at radius 2 is 0.736 bits per heavy atom. The van der Waals surface area contributed by atoms with Crippen molar-refractivity contribution in [3.8, 4) is 66.8 Å². The number of nitrogens with zero attached hydrogens (tertiary/aromatic N) is 4. The van der Waals surface area contributed by atoms with Gasteiger partial charge in [0, 0.05) is 103 Å². The lowest BCUT2D eigenvalue weighted by Crippen LogP contribution is -2.24.